The number of benzene rings is 2. The summed E-state index contributed by atoms with van der Waals surface area (Å²) in [6, 6.07) is 19.6. The van der Waals surface area contributed by atoms with Crippen LogP contribution in [0.2, 0.25) is 0 Å². The number of amides is 1. The Kier molecular flexibility index (Phi) is 4.67. The summed E-state index contributed by atoms with van der Waals surface area (Å²) in [5.74, 6) is 1.20. The molecule has 0 unspecified atom stereocenters. The maximum atomic E-state index is 12.1. The molecule has 0 aliphatic rings. The number of fused-ring (bicyclic) bond motifs is 2. The van der Waals surface area contributed by atoms with Crippen LogP contribution in [0, 0.1) is 0 Å². The zero-order valence-corrected chi connectivity index (χ0v) is 16.8. The lowest BCUT2D eigenvalue weighted by Crippen LogP contribution is -2.19. The van der Waals surface area contributed by atoms with Crippen LogP contribution in [0.5, 0.6) is 0 Å². The van der Waals surface area contributed by atoms with Crippen molar-refractivity contribution in [1.29, 1.82) is 0 Å². The van der Waals surface area contributed by atoms with Gasteiger partial charge in [-0.1, -0.05) is 24.3 Å². The molecule has 142 valence electrons. The number of para-hydroxylation sites is 2. The molecule has 0 fully saturated rings. The zero-order valence-electron chi connectivity index (χ0n) is 15.2. The maximum Gasteiger partial charge on any atom is 0.244 e. The van der Waals surface area contributed by atoms with Gasteiger partial charge in [0.1, 0.15) is 10.8 Å². The molecule has 7 heteroatoms. The third-order valence-electron chi connectivity index (χ3n) is 4.29. The molecular formula is C22H15N3O2S2. The van der Waals surface area contributed by atoms with E-state index < -0.39 is 0 Å². The van der Waals surface area contributed by atoms with Gasteiger partial charge in [0.25, 0.3) is 0 Å². The van der Waals surface area contributed by atoms with Crippen LogP contribution in [-0.4, -0.2) is 15.9 Å². The highest BCUT2D eigenvalue weighted by Gasteiger charge is 2.10. The quantitative estimate of drug-likeness (QED) is 0.384. The van der Waals surface area contributed by atoms with Gasteiger partial charge in [-0.05, 0) is 42.5 Å². The molecule has 29 heavy (non-hydrogen) atoms. The largest absolute Gasteiger partial charge is 0.457 e. The predicted molar refractivity (Wildman–Crippen MR) is 118 cm³/mol. The topological polar surface area (TPSA) is 68.0 Å². The smallest absolute Gasteiger partial charge is 0.244 e. The normalized spacial score (nSPS) is 11.6. The third kappa shape index (κ3) is 3.83. The first-order chi connectivity index (χ1) is 14.2. The van der Waals surface area contributed by atoms with Crippen LogP contribution >= 0.6 is 22.7 Å². The van der Waals surface area contributed by atoms with E-state index in [4.69, 9.17) is 4.42 Å². The summed E-state index contributed by atoms with van der Waals surface area (Å²) >= 11 is 3.14. The first-order valence-electron chi connectivity index (χ1n) is 9.01. The summed E-state index contributed by atoms with van der Waals surface area (Å²) in [4.78, 5) is 21.2. The van der Waals surface area contributed by atoms with Crippen LogP contribution in [0.25, 0.3) is 37.3 Å². The molecule has 0 saturated carbocycles. The molecule has 0 aliphatic carbocycles. The van der Waals surface area contributed by atoms with E-state index in [2.05, 4.69) is 15.3 Å². The molecule has 3 heterocycles. The van der Waals surface area contributed by atoms with Crippen molar-refractivity contribution in [3.05, 3.63) is 77.5 Å². The molecule has 5 nitrogen and oxygen atoms in total. The molecule has 0 radical (unpaired) electrons. The van der Waals surface area contributed by atoms with Gasteiger partial charge in [-0.15, -0.1) is 22.7 Å². The van der Waals surface area contributed by atoms with Gasteiger partial charge in [-0.3, -0.25) is 4.79 Å². The fourth-order valence-corrected chi connectivity index (χ4v) is 4.70. The van der Waals surface area contributed by atoms with E-state index in [1.807, 2.05) is 60.7 Å². The maximum absolute atomic E-state index is 12.1. The standard InChI is InChI=1S/C22H15N3O2S2/c26-20(11-12-21-24-15-5-1-3-7-18(15)28-21)23-13-14-9-10-17(27-14)22-25-16-6-2-4-8-19(16)29-22/h1-12H,13H2,(H,23,26). The highest BCUT2D eigenvalue weighted by atomic mass is 32.1. The predicted octanol–water partition coefficient (Wildman–Crippen LogP) is 5.50. The summed E-state index contributed by atoms with van der Waals surface area (Å²) in [6.07, 6.45) is 3.23. The molecule has 0 bridgehead atoms. The Morgan fingerprint density at radius 3 is 2.41 bits per heavy atom. The second-order valence-corrected chi connectivity index (χ2v) is 8.42. The summed E-state index contributed by atoms with van der Waals surface area (Å²) in [7, 11) is 0. The Balaban J connectivity index is 1.22. The number of nitrogens with one attached hydrogen (secondary N) is 1. The lowest BCUT2D eigenvalue weighted by atomic mass is 10.3. The first-order valence-corrected chi connectivity index (χ1v) is 10.6. The van der Waals surface area contributed by atoms with Crippen LogP contribution in [0.4, 0.5) is 0 Å². The first kappa shape index (κ1) is 17.8. The second kappa shape index (κ2) is 7.62. The van der Waals surface area contributed by atoms with Crippen LogP contribution < -0.4 is 5.32 Å². The molecule has 5 rings (SSSR count). The number of hydrogen-bond donors (Lipinski definition) is 1. The number of rotatable bonds is 5. The van der Waals surface area contributed by atoms with E-state index in [1.165, 1.54) is 6.08 Å². The van der Waals surface area contributed by atoms with E-state index in [9.17, 15) is 4.79 Å². The van der Waals surface area contributed by atoms with Crippen molar-refractivity contribution in [2.75, 3.05) is 0 Å². The minimum Gasteiger partial charge on any atom is -0.457 e. The lowest BCUT2D eigenvalue weighted by Gasteiger charge is -1.98. The molecule has 3 aromatic heterocycles. The van der Waals surface area contributed by atoms with E-state index in [0.29, 0.717) is 18.1 Å². The molecule has 0 saturated heterocycles. The number of aromatic nitrogens is 2. The lowest BCUT2D eigenvalue weighted by molar-refractivity contribution is -0.116. The van der Waals surface area contributed by atoms with Gasteiger partial charge in [0, 0.05) is 6.08 Å². The van der Waals surface area contributed by atoms with Crippen LogP contribution in [-0.2, 0) is 11.3 Å². The minimum atomic E-state index is -0.192. The van der Waals surface area contributed by atoms with Crippen molar-refractivity contribution in [2.24, 2.45) is 0 Å². The number of carbonyl (C=O) groups is 1. The molecule has 5 aromatic rings. The van der Waals surface area contributed by atoms with Crippen LogP contribution in [0.1, 0.15) is 10.8 Å². The van der Waals surface area contributed by atoms with Gasteiger partial charge in [0.05, 0.1) is 27.0 Å². The third-order valence-corrected chi connectivity index (χ3v) is 6.34. The molecule has 1 amide bonds. The van der Waals surface area contributed by atoms with Crippen molar-refractivity contribution >= 4 is 55.1 Å². The van der Waals surface area contributed by atoms with Crippen molar-refractivity contribution in [2.45, 2.75) is 6.54 Å². The number of nitrogens with zero attached hydrogens (tertiary/aromatic N) is 2. The summed E-state index contributed by atoms with van der Waals surface area (Å²) < 4.78 is 8.07. The van der Waals surface area contributed by atoms with E-state index in [1.54, 1.807) is 28.7 Å². The Bertz CT molecular complexity index is 1280. The van der Waals surface area contributed by atoms with Gasteiger partial charge in [-0.25, -0.2) is 9.97 Å². The Labute approximate surface area is 174 Å². The zero-order chi connectivity index (χ0) is 19.6. The van der Waals surface area contributed by atoms with E-state index >= 15 is 0 Å². The van der Waals surface area contributed by atoms with Crippen molar-refractivity contribution in [3.8, 4) is 10.8 Å². The van der Waals surface area contributed by atoms with Gasteiger partial charge < -0.3 is 9.73 Å². The number of thiazole rings is 2. The van der Waals surface area contributed by atoms with Gasteiger partial charge in [0.2, 0.25) is 5.91 Å². The van der Waals surface area contributed by atoms with Crippen molar-refractivity contribution in [3.63, 3.8) is 0 Å². The Morgan fingerprint density at radius 2 is 1.66 bits per heavy atom. The van der Waals surface area contributed by atoms with Crippen LogP contribution in [0.3, 0.4) is 0 Å². The SMILES string of the molecule is O=C(C=Cc1nc2ccccc2s1)NCc1ccc(-c2nc3ccccc3s2)o1. The summed E-state index contributed by atoms with van der Waals surface area (Å²) in [5.41, 5.74) is 1.90. The fraction of sp³-hybridized carbons (Fsp3) is 0.0455. The highest BCUT2D eigenvalue weighted by Crippen LogP contribution is 2.31. The molecule has 0 spiro atoms. The van der Waals surface area contributed by atoms with Crippen LogP contribution in [0.15, 0.2) is 71.2 Å². The minimum absolute atomic E-state index is 0.192. The van der Waals surface area contributed by atoms with E-state index in [0.717, 1.165) is 30.4 Å². The summed E-state index contributed by atoms with van der Waals surface area (Å²) in [5, 5.41) is 4.47. The van der Waals surface area contributed by atoms with Gasteiger partial charge in [0.15, 0.2) is 10.8 Å². The number of furan rings is 1. The fourth-order valence-electron chi connectivity index (χ4n) is 2.91. The molecule has 0 atom stereocenters. The van der Waals surface area contributed by atoms with Gasteiger partial charge >= 0.3 is 0 Å². The van der Waals surface area contributed by atoms with Crippen molar-refractivity contribution in [1.82, 2.24) is 15.3 Å². The highest BCUT2D eigenvalue weighted by molar-refractivity contribution is 7.21. The molecule has 1 N–H and O–H groups in total. The molecular weight excluding hydrogens is 402 g/mol. The monoisotopic (exact) mass is 417 g/mol. The average Bonchev–Trinajstić information content (AvgIpc) is 3.47. The van der Waals surface area contributed by atoms with E-state index in [-0.39, 0.29) is 5.91 Å². The van der Waals surface area contributed by atoms with Gasteiger partial charge in [-0.2, -0.15) is 0 Å². The molecule has 0 aliphatic heterocycles. The number of carbonyl (C=O) groups excluding carboxylic acids is 1. The second-order valence-electron chi connectivity index (χ2n) is 6.32. The summed E-state index contributed by atoms with van der Waals surface area (Å²) in [6.45, 7) is 0.313. The molecule has 2 aromatic carbocycles. The Hall–Kier alpha value is -3.29. The number of hydrogen-bond acceptors (Lipinski definition) is 6. The van der Waals surface area contributed by atoms with Crippen molar-refractivity contribution < 1.29 is 9.21 Å². The Morgan fingerprint density at radius 1 is 0.931 bits per heavy atom. The average molecular weight is 418 g/mol.